The Kier molecular flexibility index (Phi) is 5.48. The van der Waals surface area contributed by atoms with Crippen LogP contribution < -0.4 is 10.6 Å². The topological polar surface area (TPSA) is 78.4 Å². The molecule has 0 radical (unpaired) electrons. The molecule has 0 heterocycles. The lowest BCUT2D eigenvalue weighted by atomic mass is 9.66. The van der Waals surface area contributed by atoms with Crippen LogP contribution in [-0.4, -0.2) is 29.7 Å². The van der Waals surface area contributed by atoms with Crippen LogP contribution in [0.1, 0.15) is 64.7 Å². The van der Waals surface area contributed by atoms with Gasteiger partial charge < -0.3 is 15.7 Å². The Bertz CT molecular complexity index is 380. The van der Waals surface area contributed by atoms with E-state index in [2.05, 4.69) is 17.6 Å². The van der Waals surface area contributed by atoms with Gasteiger partial charge in [-0.05, 0) is 43.4 Å². The lowest BCUT2D eigenvalue weighted by Gasteiger charge is -2.40. The monoisotopic (exact) mass is 296 g/mol. The first-order chi connectivity index (χ1) is 9.99. The molecule has 21 heavy (non-hydrogen) atoms. The van der Waals surface area contributed by atoms with Gasteiger partial charge in [-0.3, -0.25) is 4.79 Å². The van der Waals surface area contributed by atoms with Crippen LogP contribution >= 0.6 is 0 Å². The van der Waals surface area contributed by atoms with Crippen molar-refractivity contribution in [1.29, 1.82) is 0 Å². The second-order valence-electron chi connectivity index (χ2n) is 7.06. The van der Waals surface area contributed by atoms with E-state index in [0.29, 0.717) is 6.54 Å². The first-order valence-electron chi connectivity index (χ1n) is 8.25. The fourth-order valence-electron chi connectivity index (χ4n) is 3.55. The largest absolute Gasteiger partial charge is 0.481 e. The Hall–Kier alpha value is -1.26. The van der Waals surface area contributed by atoms with Gasteiger partial charge in [0.2, 0.25) is 0 Å². The molecule has 0 aromatic rings. The maximum absolute atomic E-state index is 12.0. The molecule has 120 valence electrons. The molecule has 2 rings (SSSR count). The van der Waals surface area contributed by atoms with Gasteiger partial charge in [0.15, 0.2) is 0 Å². The van der Waals surface area contributed by atoms with Crippen LogP contribution in [0.5, 0.6) is 0 Å². The summed E-state index contributed by atoms with van der Waals surface area (Å²) in [5, 5.41) is 14.9. The zero-order valence-electron chi connectivity index (χ0n) is 13.0. The highest BCUT2D eigenvalue weighted by Crippen LogP contribution is 2.43. The number of nitrogens with one attached hydrogen (secondary N) is 2. The van der Waals surface area contributed by atoms with Crippen LogP contribution in [0, 0.1) is 11.3 Å². The fourth-order valence-corrected chi connectivity index (χ4v) is 3.55. The molecule has 2 unspecified atom stereocenters. The Morgan fingerprint density at radius 3 is 2.52 bits per heavy atom. The van der Waals surface area contributed by atoms with Gasteiger partial charge in [0.1, 0.15) is 0 Å². The van der Waals surface area contributed by atoms with Crippen molar-refractivity contribution in [3.05, 3.63) is 0 Å². The van der Waals surface area contributed by atoms with Gasteiger partial charge in [0, 0.05) is 12.6 Å². The molecule has 2 aliphatic carbocycles. The third-order valence-corrected chi connectivity index (χ3v) is 5.16. The van der Waals surface area contributed by atoms with Gasteiger partial charge in [-0.2, -0.15) is 0 Å². The zero-order valence-corrected chi connectivity index (χ0v) is 13.0. The van der Waals surface area contributed by atoms with Crippen molar-refractivity contribution in [2.45, 2.75) is 70.8 Å². The quantitative estimate of drug-likeness (QED) is 0.683. The summed E-state index contributed by atoms with van der Waals surface area (Å²) in [7, 11) is 0. The SMILES string of the molecule is CC1CCCC(NC(=O)NCC2(CC(=O)O)CCC2)CC1. The molecule has 0 aromatic heterocycles. The number of hydrogen-bond acceptors (Lipinski definition) is 2. The van der Waals surface area contributed by atoms with E-state index in [0.717, 1.165) is 38.0 Å². The van der Waals surface area contributed by atoms with Gasteiger partial charge in [0.25, 0.3) is 0 Å². The first-order valence-corrected chi connectivity index (χ1v) is 8.25. The second-order valence-corrected chi connectivity index (χ2v) is 7.06. The van der Waals surface area contributed by atoms with Gasteiger partial charge in [-0.25, -0.2) is 4.79 Å². The van der Waals surface area contributed by atoms with Crippen molar-refractivity contribution in [1.82, 2.24) is 10.6 Å². The molecule has 0 aliphatic heterocycles. The molecule has 0 saturated heterocycles. The van der Waals surface area contributed by atoms with Crippen molar-refractivity contribution >= 4 is 12.0 Å². The minimum absolute atomic E-state index is 0.133. The number of carbonyl (C=O) groups is 2. The van der Waals surface area contributed by atoms with Gasteiger partial charge >= 0.3 is 12.0 Å². The standard InChI is InChI=1S/C16H28N2O3/c1-12-4-2-5-13(7-6-12)18-15(21)17-11-16(8-3-9-16)10-14(19)20/h12-13H,2-11H2,1H3,(H,19,20)(H2,17,18,21). The highest BCUT2D eigenvalue weighted by Gasteiger charge is 2.39. The smallest absolute Gasteiger partial charge is 0.315 e. The maximum atomic E-state index is 12.0. The average molecular weight is 296 g/mol. The molecule has 0 aromatic carbocycles. The summed E-state index contributed by atoms with van der Waals surface area (Å²) in [6.07, 6.45) is 8.74. The Labute approximate surface area is 126 Å². The van der Waals surface area contributed by atoms with E-state index < -0.39 is 5.97 Å². The van der Waals surface area contributed by atoms with Gasteiger partial charge in [-0.1, -0.05) is 26.2 Å². The predicted octanol–water partition coefficient (Wildman–Crippen LogP) is 2.90. The summed E-state index contributed by atoms with van der Waals surface area (Å²) < 4.78 is 0. The van der Waals surface area contributed by atoms with Gasteiger partial charge in [0.05, 0.1) is 6.42 Å². The molecule has 2 atom stereocenters. The van der Waals surface area contributed by atoms with Crippen LogP contribution in [0.15, 0.2) is 0 Å². The summed E-state index contributed by atoms with van der Waals surface area (Å²) in [4.78, 5) is 22.9. The van der Waals surface area contributed by atoms with E-state index in [-0.39, 0.29) is 23.9 Å². The van der Waals surface area contributed by atoms with Crippen LogP contribution in [0.4, 0.5) is 4.79 Å². The first kappa shape index (κ1) is 16.1. The molecular weight excluding hydrogens is 268 g/mol. The van der Waals surface area contributed by atoms with Crippen LogP contribution in [-0.2, 0) is 4.79 Å². The third kappa shape index (κ3) is 4.90. The summed E-state index contributed by atoms with van der Waals surface area (Å²) in [6, 6.07) is 0.137. The highest BCUT2D eigenvalue weighted by molar-refractivity contribution is 5.74. The van der Waals surface area contributed by atoms with E-state index in [4.69, 9.17) is 5.11 Å². The maximum Gasteiger partial charge on any atom is 0.315 e. The van der Waals surface area contributed by atoms with Crippen LogP contribution in [0.25, 0.3) is 0 Å². The molecule has 5 nitrogen and oxygen atoms in total. The molecule has 2 saturated carbocycles. The molecule has 5 heteroatoms. The van der Waals surface area contributed by atoms with Crippen molar-refractivity contribution < 1.29 is 14.7 Å². The lowest BCUT2D eigenvalue weighted by molar-refractivity contribution is -0.141. The molecular formula is C16H28N2O3. The summed E-state index contributed by atoms with van der Waals surface area (Å²) in [5.41, 5.74) is -0.207. The predicted molar refractivity (Wildman–Crippen MR) is 81.1 cm³/mol. The Morgan fingerprint density at radius 1 is 1.14 bits per heavy atom. The van der Waals surface area contributed by atoms with E-state index in [9.17, 15) is 9.59 Å². The van der Waals surface area contributed by atoms with E-state index >= 15 is 0 Å². The molecule has 2 amide bonds. The number of aliphatic carboxylic acids is 1. The van der Waals surface area contributed by atoms with Crippen LogP contribution in [0.3, 0.4) is 0 Å². The fraction of sp³-hybridized carbons (Fsp3) is 0.875. The Morgan fingerprint density at radius 2 is 1.90 bits per heavy atom. The Balaban J connectivity index is 1.72. The summed E-state index contributed by atoms with van der Waals surface area (Å²) >= 11 is 0. The number of rotatable bonds is 5. The minimum Gasteiger partial charge on any atom is -0.481 e. The van der Waals surface area contributed by atoms with Crippen molar-refractivity contribution in [3.8, 4) is 0 Å². The van der Waals surface area contributed by atoms with E-state index in [1.54, 1.807) is 0 Å². The average Bonchev–Trinajstić information content (AvgIpc) is 2.57. The normalized spacial score (nSPS) is 28.0. The number of hydrogen-bond donors (Lipinski definition) is 3. The van der Waals surface area contributed by atoms with E-state index in [1.165, 1.54) is 19.3 Å². The highest BCUT2D eigenvalue weighted by atomic mass is 16.4. The van der Waals surface area contributed by atoms with Crippen molar-refractivity contribution in [3.63, 3.8) is 0 Å². The summed E-state index contributed by atoms with van der Waals surface area (Å²) in [6.45, 7) is 2.75. The van der Waals surface area contributed by atoms with E-state index in [1.807, 2.05) is 0 Å². The van der Waals surface area contributed by atoms with Crippen molar-refractivity contribution in [2.24, 2.45) is 11.3 Å². The van der Waals surface area contributed by atoms with Gasteiger partial charge in [-0.15, -0.1) is 0 Å². The van der Waals surface area contributed by atoms with Crippen molar-refractivity contribution in [2.75, 3.05) is 6.54 Å². The number of carbonyl (C=O) groups excluding carboxylic acids is 1. The zero-order chi connectivity index (χ0) is 15.3. The van der Waals surface area contributed by atoms with Crippen LogP contribution in [0.2, 0.25) is 0 Å². The number of amides is 2. The minimum atomic E-state index is -0.769. The second kappa shape index (κ2) is 7.14. The summed E-state index contributed by atoms with van der Waals surface area (Å²) in [5.74, 6) is -0.0108. The number of carboxylic acids is 1. The molecule has 2 fully saturated rings. The lowest BCUT2D eigenvalue weighted by Crippen LogP contribution is -2.48. The molecule has 3 N–H and O–H groups in total. The molecule has 0 spiro atoms. The number of carboxylic acid groups (broad SMARTS) is 1. The molecule has 2 aliphatic rings. The third-order valence-electron chi connectivity index (χ3n) is 5.16. The number of urea groups is 1. The molecule has 0 bridgehead atoms.